The number of nitrogens with zero attached hydrogens (tertiary/aromatic N) is 3. The molecule has 0 fully saturated rings. The van der Waals surface area contributed by atoms with Crippen molar-refractivity contribution in [1.29, 1.82) is 0 Å². The number of aliphatic hydroxyl groups is 1. The van der Waals surface area contributed by atoms with Gasteiger partial charge >= 0.3 is 0 Å². The van der Waals surface area contributed by atoms with Crippen molar-refractivity contribution >= 4 is 10.8 Å². The minimum absolute atomic E-state index is 0.00606. The first-order valence-electron chi connectivity index (χ1n) is 7.97. The van der Waals surface area contributed by atoms with Crippen molar-refractivity contribution in [2.24, 2.45) is 0 Å². The van der Waals surface area contributed by atoms with Crippen LogP contribution < -0.4 is 5.56 Å². The molecule has 1 aromatic carbocycles. The van der Waals surface area contributed by atoms with Gasteiger partial charge in [-0.15, -0.1) is 0 Å². The second-order valence-corrected chi connectivity index (χ2v) is 5.69. The molecule has 3 aromatic heterocycles. The topological polar surface area (TPSA) is 83.8 Å². The largest absolute Gasteiger partial charge is 0.394 e. The Bertz CT molecular complexity index is 1080. The van der Waals surface area contributed by atoms with Gasteiger partial charge in [-0.3, -0.25) is 14.5 Å². The summed E-state index contributed by atoms with van der Waals surface area (Å²) in [5.41, 5.74) is 3.45. The van der Waals surface area contributed by atoms with Crippen LogP contribution in [0.4, 0.5) is 0 Å². The lowest BCUT2D eigenvalue weighted by atomic mass is 9.97. The Morgan fingerprint density at radius 2 is 1.88 bits per heavy atom. The molecule has 0 aliphatic heterocycles. The second-order valence-electron chi connectivity index (χ2n) is 5.69. The third-order valence-electron chi connectivity index (χ3n) is 4.15. The first-order valence-corrected chi connectivity index (χ1v) is 7.97. The molecule has 0 aliphatic rings. The van der Waals surface area contributed by atoms with E-state index in [1.165, 1.54) is 0 Å². The van der Waals surface area contributed by atoms with Crippen molar-refractivity contribution in [2.75, 3.05) is 6.61 Å². The lowest BCUT2D eigenvalue weighted by molar-refractivity contribution is 0.269. The molecule has 3 heterocycles. The maximum absolute atomic E-state index is 12.1. The van der Waals surface area contributed by atoms with Crippen LogP contribution in [0.25, 0.3) is 33.2 Å². The number of aromatic nitrogens is 4. The molecule has 0 aliphatic carbocycles. The smallest absolute Gasteiger partial charge is 0.255 e. The number of aromatic amines is 1. The van der Waals surface area contributed by atoms with E-state index in [4.69, 9.17) is 0 Å². The summed E-state index contributed by atoms with van der Waals surface area (Å²) in [6, 6.07) is 11.3. The van der Waals surface area contributed by atoms with Gasteiger partial charge in [0.2, 0.25) is 0 Å². The van der Waals surface area contributed by atoms with E-state index in [9.17, 15) is 9.90 Å². The fourth-order valence-corrected chi connectivity index (χ4v) is 3.01. The maximum atomic E-state index is 12.1. The van der Waals surface area contributed by atoms with Crippen molar-refractivity contribution < 1.29 is 5.11 Å². The summed E-state index contributed by atoms with van der Waals surface area (Å²) < 4.78 is 1.72. The van der Waals surface area contributed by atoms with Crippen LogP contribution in [0.5, 0.6) is 0 Å². The van der Waals surface area contributed by atoms with Gasteiger partial charge in [0.15, 0.2) is 0 Å². The number of fused-ring (bicyclic) bond motifs is 1. The highest BCUT2D eigenvalue weighted by molar-refractivity contribution is 5.99. The zero-order valence-electron chi connectivity index (χ0n) is 13.4. The fourth-order valence-electron chi connectivity index (χ4n) is 3.01. The molecule has 6 heteroatoms. The van der Waals surface area contributed by atoms with Crippen molar-refractivity contribution in [3.05, 3.63) is 71.5 Å². The Labute approximate surface area is 143 Å². The van der Waals surface area contributed by atoms with Gasteiger partial charge in [-0.05, 0) is 35.2 Å². The standard InChI is InChI=1S/C19H16N4O2/c24-11-10-23-12-17(18(22-23)13-4-7-20-8-5-13)14-2-1-3-16-15(14)6-9-21-19(16)25/h1-9,12,24H,10-11H2,(H,21,25). The fraction of sp³-hybridized carbons (Fsp3) is 0.105. The van der Waals surface area contributed by atoms with Gasteiger partial charge in [0.25, 0.3) is 5.56 Å². The van der Waals surface area contributed by atoms with Crippen LogP contribution >= 0.6 is 0 Å². The quantitative estimate of drug-likeness (QED) is 0.601. The molecule has 4 rings (SSSR count). The number of rotatable bonds is 4. The van der Waals surface area contributed by atoms with Gasteiger partial charge in [0.05, 0.1) is 13.2 Å². The van der Waals surface area contributed by atoms with E-state index >= 15 is 0 Å². The van der Waals surface area contributed by atoms with Crippen LogP contribution in [0.3, 0.4) is 0 Å². The van der Waals surface area contributed by atoms with Crippen molar-refractivity contribution in [3.63, 3.8) is 0 Å². The van der Waals surface area contributed by atoms with E-state index in [0.29, 0.717) is 11.9 Å². The summed E-state index contributed by atoms with van der Waals surface area (Å²) >= 11 is 0. The van der Waals surface area contributed by atoms with Crippen LogP contribution in [0.1, 0.15) is 0 Å². The highest BCUT2D eigenvalue weighted by Crippen LogP contribution is 2.34. The molecule has 0 amide bonds. The minimum Gasteiger partial charge on any atom is -0.394 e. The normalized spacial score (nSPS) is 11.1. The van der Waals surface area contributed by atoms with Crippen LogP contribution in [-0.2, 0) is 6.54 Å². The van der Waals surface area contributed by atoms with E-state index in [2.05, 4.69) is 15.1 Å². The highest BCUT2D eigenvalue weighted by atomic mass is 16.3. The molecule has 124 valence electrons. The molecular weight excluding hydrogens is 316 g/mol. The lowest BCUT2D eigenvalue weighted by Gasteiger charge is -2.06. The summed E-state index contributed by atoms with van der Waals surface area (Å²) in [6.45, 7) is 0.412. The monoisotopic (exact) mass is 332 g/mol. The SMILES string of the molecule is O=c1[nH]ccc2c(-c3cn(CCO)nc3-c3ccncc3)cccc12. The van der Waals surface area contributed by atoms with Crippen LogP contribution in [0.15, 0.2) is 66.0 Å². The minimum atomic E-state index is -0.118. The Morgan fingerprint density at radius 3 is 2.68 bits per heavy atom. The molecule has 4 aromatic rings. The zero-order valence-corrected chi connectivity index (χ0v) is 13.4. The summed E-state index contributed by atoms with van der Waals surface area (Å²) in [6.07, 6.45) is 7.00. The Balaban J connectivity index is 2.00. The van der Waals surface area contributed by atoms with Crippen molar-refractivity contribution in [1.82, 2.24) is 19.7 Å². The lowest BCUT2D eigenvalue weighted by Crippen LogP contribution is -2.04. The van der Waals surface area contributed by atoms with Gasteiger partial charge in [0.1, 0.15) is 5.69 Å². The van der Waals surface area contributed by atoms with Crippen LogP contribution in [0, 0.1) is 0 Å². The molecule has 2 N–H and O–H groups in total. The number of hydrogen-bond acceptors (Lipinski definition) is 4. The molecule has 0 saturated carbocycles. The summed E-state index contributed by atoms with van der Waals surface area (Å²) in [5, 5.41) is 15.4. The van der Waals surface area contributed by atoms with E-state index < -0.39 is 0 Å². The molecule has 0 atom stereocenters. The number of nitrogens with one attached hydrogen (secondary N) is 1. The highest BCUT2D eigenvalue weighted by Gasteiger charge is 2.15. The predicted octanol–water partition coefficient (Wildman–Crippen LogP) is 2.45. The second kappa shape index (κ2) is 6.33. The first-order chi connectivity index (χ1) is 12.3. The van der Waals surface area contributed by atoms with Gasteiger partial charge in [-0.25, -0.2) is 0 Å². The summed E-state index contributed by atoms with van der Waals surface area (Å²) in [7, 11) is 0. The number of benzene rings is 1. The molecule has 0 radical (unpaired) electrons. The summed E-state index contributed by atoms with van der Waals surface area (Å²) in [4.78, 5) is 18.9. The van der Waals surface area contributed by atoms with E-state index in [0.717, 1.165) is 27.8 Å². The van der Waals surface area contributed by atoms with Gasteiger partial charge < -0.3 is 10.1 Å². The summed E-state index contributed by atoms with van der Waals surface area (Å²) in [5.74, 6) is 0. The van der Waals surface area contributed by atoms with Crippen molar-refractivity contribution in [3.8, 4) is 22.4 Å². The molecule has 0 unspecified atom stereocenters. The predicted molar refractivity (Wildman–Crippen MR) is 96.1 cm³/mol. The third-order valence-corrected chi connectivity index (χ3v) is 4.15. The van der Waals surface area contributed by atoms with E-state index in [1.807, 2.05) is 42.6 Å². The van der Waals surface area contributed by atoms with Crippen LogP contribution in [-0.4, -0.2) is 31.5 Å². The number of aliphatic hydroxyl groups excluding tert-OH is 1. The first kappa shape index (κ1) is 15.3. The molecule has 0 saturated heterocycles. The van der Waals surface area contributed by atoms with Gasteiger partial charge in [-0.1, -0.05) is 12.1 Å². The number of H-pyrrole nitrogens is 1. The molecule has 0 spiro atoms. The third kappa shape index (κ3) is 2.72. The molecule has 0 bridgehead atoms. The van der Waals surface area contributed by atoms with E-state index in [-0.39, 0.29) is 12.2 Å². The molecule has 25 heavy (non-hydrogen) atoms. The zero-order chi connectivity index (χ0) is 17.2. The van der Waals surface area contributed by atoms with Gasteiger partial charge in [-0.2, -0.15) is 5.10 Å². The van der Waals surface area contributed by atoms with E-state index in [1.54, 1.807) is 23.3 Å². The Kier molecular flexibility index (Phi) is 3.87. The van der Waals surface area contributed by atoms with Crippen molar-refractivity contribution in [2.45, 2.75) is 6.54 Å². The number of hydrogen-bond donors (Lipinski definition) is 2. The molecular formula is C19H16N4O2. The number of pyridine rings is 2. The maximum Gasteiger partial charge on any atom is 0.255 e. The Hall–Kier alpha value is -3.25. The average molecular weight is 332 g/mol. The Morgan fingerprint density at radius 1 is 1.04 bits per heavy atom. The average Bonchev–Trinajstić information content (AvgIpc) is 3.06. The van der Waals surface area contributed by atoms with Crippen LogP contribution in [0.2, 0.25) is 0 Å². The molecule has 6 nitrogen and oxygen atoms in total. The van der Waals surface area contributed by atoms with Gasteiger partial charge in [0, 0.05) is 41.3 Å².